The zero-order chi connectivity index (χ0) is 19.7. The molecule has 3 heterocycles. The maximum absolute atomic E-state index is 5.51. The molecular formula is C18H19N7O3. The van der Waals surface area contributed by atoms with E-state index in [2.05, 4.69) is 32.2 Å². The number of ether oxygens (including phenoxy) is 2. The van der Waals surface area contributed by atoms with E-state index in [1.165, 1.54) is 0 Å². The minimum absolute atomic E-state index is 0.149. The Morgan fingerprint density at radius 2 is 2.00 bits per heavy atom. The van der Waals surface area contributed by atoms with Crippen LogP contribution in [0, 0.1) is 0 Å². The molecule has 0 atom stereocenters. The number of aryl methyl sites for hydroxylation is 1. The van der Waals surface area contributed by atoms with Crippen molar-refractivity contribution in [1.82, 2.24) is 34.8 Å². The van der Waals surface area contributed by atoms with E-state index in [-0.39, 0.29) is 6.61 Å². The molecule has 0 aliphatic carbocycles. The Morgan fingerprint density at radius 1 is 1.18 bits per heavy atom. The lowest BCUT2D eigenvalue weighted by Gasteiger charge is -2.12. The smallest absolute Gasteiger partial charge is 0.180 e. The third-order valence-electron chi connectivity index (χ3n) is 4.24. The van der Waals surface area contributed by atoms with Crippen molar-refractivity contribution in [1.29, 1.82) is 0 Å². The van der Waals surface area contributed by atoms with E-state index in [1.807, 2.05) is 19.2 Å². The fraction of sp³-hybridized carbons (Fsp3) is 0.222. The van der Waals surface area contributed by atoms with Gasteiger partial charge >= 0.3 is 0 Å². The van der Waals surface area contributed by atoms with E-state index in [4.69, 9.17) is 14.3 Å². The zero-order valence-electron chi connectivity index (χ0n) is 15.7. The Kier molecular flexibility index (Phi) is 4.53. The molecule has 0 aliphatic heterocycles. The van der Waals surface area contributed by atoms with Crippen LogP contribution in [0.25, 0.3) is 22.4 Å². The third kappa shape index (κ3) is 3.09. The van der Waals surface area contributed by atoms with Crippen LogP contribution in [0.15, 0.2) is 37.3 Å². The maximum atomic E-state index is 5.51. The van der Waals surface area contributed by atoms with E-state index in [1.54, 1.807) is 42.0 Å². The molecule has 4 aromatic rings. The second-order valence-corrected chi connectivity index (χ2v) is 5.99. The van der Waals surface area contributed by atoms with E-state index in [0.29, 0.717) is 28.7 Å². The average Bonchev–Trinajstić information content (AvgIpc) is 3.30. The van der Waals surface area contributed by atoms with E-state index >= 15 is 0 Å². The highest BCUT2D eigenvalue weighted by Gasteiger charge is 2.12. The van der Waals surface area contributed by atoms with Crippen LogP contribution in [-0.4, -0.2) is 43.6 Å². The number of rotatable bonds is 7. The highest BCUT2D eigenvalue weighted by molar-refractivity contribution is 5.88. The number of methoxy groups -OCH3 is 2. The van der Waals surface area contributed by atoms with Crippen LogP contribution in [0.3, 0.4) is 0 Å². The Morgan fingerprint density at radius 3 is 2.79 bits per heavy atom. The average molecular weight is 381 g/mol. The van der Waals surface area contributed by atoms with Crippen molar-refractivity contribution in [2.75, 3.05) is 14.2 Å². The predicted octanol–water partition coefficient (Wildman–Crippen LogP) is 1.72. The second-order valence-electron chi connectivity index (χ2n) is 5.99. The van der Waals surface area contributed by atoms with Gasteiger partial charge in [-0.05, 0) is 18.2 Å². The van der Waals surface area contributed by atoms with Crippen molar-refractivity contribution in [2.24, 2.45) is 7.05 Å². The van der Waals surface area contributed by atoms with E-state index in [9.17, 15) is 0 Å². The minimum Gasteiger partial charge on any atom is -0.493 e. The lowest BCUT2D eigenvalue weighted by molar-refractivity contribution is 0.0603. The molecule has 0 saturated heterocycles. The van der Waals surface area contributed by atoms with Crippen molar-refractivity contribution in [2.45, 2.75) is 6.61 Å². The number of nitrogens with one attached hydrogen (secondary N) is 1. The van der Waals surface area contributed by atoms with Crippen LogP contribution in [-0.2, 0) is 18.5 Å². The maximum Gasteiger partial charge on any atom is 0.180 e. The first-order valence-corrected chi connectivity index (χ1v) is 8.41. The quantitative estimate of drug-likeness (QED) is 0.483. The summed E-state index contributed by atoms with van der Waals surface area (Å²) in [7, 11) is 5.00. The zero-order valence-corrected chi connectivity index (χ0v) is 15.7. The van der Waals surface area contributed by atoms with Gasteiger partial charge in [0, 0.05) is 12.6 Å². The van der Waals surface area contributed by atoms with Crippen LogP contribution in [0.4, 0.5) is 0 Å². The van der Waals surface area contributed by atoms with Gasteiger partial charge in [-0.15, -0.1) is 5.10 Å². The summed E-state index contributed by atoms with van der Waals surface area (Å²) in [4.78, 5) is 14.3. The molecule has 144 valence electrons. The first-order valence-electron chi connectivity index (χ1n) is 8.41. The molecule has 0 bridgehead atoms. The Balaban J connectivity index is 1.45. The van der Waals surface area contributed by atoms with Crippen LogP contribution >= 0.6 is 0 Å². The Hall–Kier alpha value is -3.66. The molecule has 0 radical (unpaired) electrons. The predicted molar refractivity (Wildman–Crippen MR) is 102 cm³/mol. The number of aromatic nitrogens is 6. The topological polar surface area (TPSA) is 101 Å². The molecule has 0 aliphatic rings. The van der Waals surface area contributed by atoms with Crippen molar-refractivity contribution >= 4 is 22.4 Å². The SMILES string of the molecule is C=C(NOCc1nc2c3cnn(C)c3ncn2n1)c1ccc(OC)c(OC)c1. The van der Waals surface area contributed by atoms with Gasteiger partial charge < -0.3 is 9.47 Å². The van der Waals surface area contributed by atoms with Gasteiger partial charge in [0.1, 0.15) is 12.9 Å². The second kappa shape index (κ2) is 7.16. The van der Waals surface area contributed by atoms with Crippen molar-refractivity contribution in [3.05, 3.63) is 48.7 Å². The van der Waals surface area contributed by atoms with Crippen molar-refractivity contribution in [3.8, 4) is 11.5 Å². The highest BCUT2D eigenvalue weighted by atomic mass is 16.6. The molecule has 3 aromatic heterocycles. The highest BCUT2D eigenvalue weighted by Crippen LogP contribution is 2.29. The lowest BCUT2D eigenvalue weighted by atomic mass is 10.1. The molecule has 10 nitrogen and oxygen atoms in total. The van der Waals surface area contributed by atoms with Crippen LogP contribution in [0.5, 0.6) is 11.5 Å². The molecule has 1 N–H and O–H groups in total. The number of nitrogens with zero attached hydrogens (tertiary/aromatic N) is 6. The summed E-state index contributed by atoms with van der Waals surface area (Å²) in [6.07, 6.45) is 3.32. The summed E-state index contributed by atoms with van der Waals surface area (Å²) >= 11 is 0. The van der Waals surface area contributed by atoms with Gasteiger partial charge in [0.15, 0.2) is 28.6 Å². The molecule has 4 rings (SSSR count). The number of hydrogen-bond donors (Lipinski definition) is 1. The van der Waals surface area contributed by atoms with Gasteiger partial charge in [-0.25, -0.2) is 14.5 Å². The number of benzene rings is 1. The molecule has 0 unspecified atom stereocenters. The monoisotopic (exact) mass is 381 g/mol. The fourth-order valence-corrected chi connectivity index (χ4v) is 2.81. The Bertz CT molecular complexity index is 1160. The fourth-order valence-electron chi connectivity index (χ4n) is 2.81. The standard InChI is InChI=1S/C18H19N7O3/c1-11(12-5-6-14(26-3)15(7-12)27-4)23-28-9-16-21-18-13-8-20-24(2)17(13)19-10-25(18)22-16/h5-8,10,23H,1,9H2,2-4H3. The van der Waals surface area contributed by atoms with Gasteiger partial charge in [-0.1, -0.05) is 6.58 Å². The first kappa shape index (κ1) is 17.7. The molecule has 1 aromatic carbocycles. The van der Waals surface area contributed by atoms with Crippen LogP contribution < -0.4 is 15.0 Å². The van der Waals surface area contributed by atoms with Gasteiger partial charge in [0.2, 0.25) is 0 Å². The minimum atomic E-state index is 0.149. The van der Waals surface area contributed by atoms with Gasteiger partial charge in [0.25, 0.3) is 0 Å². The number of hydrogen-bond acceptors (Lipinski definition) is 8. The summed E-state index contributed by atoms with van der Waals surface area (Å²) in [5.74, 6) is 1.76. The normalized spacial score (nSPS) is 11.1. The molecule has 10 heteroatoms. The van der Waals surface area contributed by atoms with Gasteiger partial charge in [0.05, 0.1) is 31.5 Å². The third-order valence-corrected chi connectivity index (χ3v) is 4.24. The number of hydroxylamine groups is 1. The summed E-state index contributed by atoms with van der Waals surface area (Å²) in [6.45, 7) is 4.12. The summed E-state index contributed by atoms with van der Waals surface area (Å²) in [5.41, 5.74) is 5.61. The molecule has 0 spiro atoms. The first-order chi connectivity index (χ1) is 13.6. The van der Waals surface area contributed by atoms with Gasteiger partial charge in [-0.3, -0.25) is 15.0 Å². The van der Waals surface area contributed by atoms with Crippen molar-refractivity contribution < 1.29 is 14.3 Å². The molecule has 0 amide bonds. The largest absolute Gasteiger partial charge is 0.493 e. The molecule has 0 saturated carbocycles. The molecule has 28 heavy (non-hydrogen) atoms. The lowest BCUT2D eigenvalue weighted by Crippen LogP contribution is -2.13. The molecule has 0 fully saturated rings. The van der Waals surface area contributed by atoms with E-state index in [0.717, 1.165) is 16.6 Å². The van der Waals surface area contributed by atoms with Crippen LogP contribution in [0.1, 0.15) is 11.4 Å². The van der Waals surface area contributed by atoms with Crippen molar-refractivity contribution in [3.63, 3.8) is 0 Å². The Labute approximate surface area is 160 Å². The van der Waals surface area contributed by atoms with Gasteiger partial charge in [-0.2, -0.15) is 5.10 Å². The van der Waals surface area contributed by atoms with E-state index < -0.39 is 0 Å². The summed E-state index contributed by atoms with van der Waals surface area (Å²) < 4.78 is 13.8. The molecular weight excluding hydrogens is 362 g/mol. The summed E-state index contributed by atoms with van der Waals surface area (Å²) in [5, 5.41) is 9.39. The van der Waals surface area contributed by atoms with Crippen LogP contribution in [0.2, 0.25) is 0 Å². The summed E-state index contributed by atoms with van der Waals surface area (Å²) in [6, 6.07) is 5.47. The number of fused-ring (bicyclic) bond motifs is 3.